The molecule has 2 atom stereocenters. The van der Waals surface area contributed by atoms with Gasteiger partial charge in [0.2, 0.25) is 0 Å². The molecule has 0 aliphatic carbocycles. The minimum absolute atomic E-state index is 0. The van der Waals surface area contributed by atoms with Gasteiger partial charge >= 0.3 is 0 Å². The Bertz CT molecular complexity index is 690. The first-order chi connectivity index (χ1) is 12.6. The summed E-state index contributed by atoms with van der Waals surface area (Å²) in [7, 11) is 1.66. The highest BCUT2D eigenvalue weighted by Gasteiger charge is 2.31. The second-order valence-electron chi connectivity index (χ2n) is 7.28. The van der Waals surface area contributed by atoms with Crippen molar-refractivity contribution in [3.8, 4) is 11.5 Å². The molecule has 5 heteroatoms. The van der Waals surface area contributed by atoms with Crippen LogP contribution < -0.4 is 9.47 Å². The first-order valence-electron chi connectivity index (χ1n) is 9.33. The van der Waals surface area contributed by atoms with E-state index >= 15 is 0 Å². The maximum atomic E-state index is 13.3. The summed E-state index contributed by atoms with van der Waals surface area (Å²) < 4.78 is 24.6. The fourth-order valence-electron chi connectivity index (χ4n) is 3.72. The predicted octanol–water partition coefficient (Wildman–Crippen LogP) is 5.15. The number of benzene rings is 2. The Kier molecular flexibility index (Phi) is 7.93. The molecule has 3 nitrogen and oxygen atoms in total. The van der Waals surface area contributed by atoms with Gasteiger partial charge in [-0.05, 0) is 74.7 Å². The van der Waals surface area contributed by atoms with Crippen molar-refractivity contribution in [2.45, 2.75) is 32.2 Å². The Morgan fingerprint density at radius 1 is 1.04 bits per heavy atom. The van der Waals surface area contributed by atoms with Gasteiger partial charge in [0.05, 0.1) is 13.7 Å². The molecular weight excluding hydrogens is 365 g/mol. The number of likely N-dealkylation sites (tertiary alicyclic amines) is 1. The number of ether oxygens (including phenoxy) is 2. The summed E-state index contributed by atoms with van der Waals surface area (Å²) in [4.78, 5) is 2.50. The Morgan fingerprint density at radius 3 is 2.26 bits per heavy atom. The van der Waals surface area contributed by atoms with E-state index < -0.39 is 0 Å². The van der Waals surface area contributed by atoms with E-state index in [0.717, 1.165) is 31.0 Å². The molecule has 1 saturated heterocycles. The fourth-order valence-corrected chi connectivity index (χ4v) is 3.72. The lowest BCUT2D eigenvalue weighted by Gasteiger charge is -2.40. The highest BCUT2D eigenvalue weighted by molar-refractivity contribution is 5.85. The van der Waals surface area contributed by atoms with E-state index in [9.17, 15) is 4.39 Å². The highest BCUT2D eigenvalue weighted by Crippen LogP contribution is 2.34. The lowest BCUT2D eigenvalue weighted by atomic mass is 9.80. The molecule has 0 amide bonds. The summed E-state index contributed by atoms with van der Waals surface area (Å²) in [5.74, 6) is 2.26. The van der Waals surface area contributed by atoms with Crippen LogP contribution in [0.4, 0.5) is 4.39 Å². The van der Waals surface area contributed by atoms with Crippen LogP contribution in [0.3, 0.4) is 0 Å². The Morgan fingerprint density at radius 2 is 1.67 bits per heavy atom. The second-order valence-corrected chi connectivity index (χ2v) is 7.28. The third-order valence-electron chi connectivity index (χ3n) is 5.32. The van der Waals surface area contributed by atoms with E-state index in [4.69, 9.17) is 9.47 Å². The van der Waals surface area contributed by atoms with Crippen molar-refractivity contribution >= 4 is 12.4 Å². The molecule has 1 fully saturated rings. The van der Waals surface area contributed by atoms with Gasteiger partial charge in [0, 0.05) is 18.5 Å². The van der Waals surface area contributed by atoms with E-state index in [0.29, 0.717) is 24.5 Å². The van der Waals surface area contributed by atoms with E-state index in [1.54, 1.807) is 19.2 Å². The lowest BCUT2D eigenvalue weighted by molar-refractivity contribution is 0.0898. The molecule has 2 aromatic rings. The number of hydrogen-bond donors (Lipinski definition) is 0. The van der Waals surface area contributed by atoms with Crippen LogP contribution in [0.25, 0.3) is 0 Å². The van der Waals surface area contributed by atoms with Crippen LogP contribution in [-0.4, -0.2) is 37.7 Å². The number of methoxy groups -OCH3 is 1. The van der Waals surface area contributed by atoms with Crippen LogP contribution in [0.5, 0.6) is 11.5 Å². The molecule has 27 heavy (non-hydrogen) atoms. The van der Waals surface area contributed by atoms with Crippen LogP contribution in [0.1, 0.15) is 31.7 Å². The standard InChI is InChI=1S/C22H28FNO2.ClH/c1-16(2)24-13-12-22(17-4-6-19(23)7-5-17)18(14-24)15-26-21-10-8-20(25-3)9-11-21;/h4-11,16,18,22H,12-15H2,1-3H3;1H. The maximum absolute atomic E-state index is 13.3. The van der Waals surface area contributed by atoms with Gasteiger partial charge in [0.25, 0.3) is 0 Å². The third-order valence-corrected chi connectivity index (χ3v) is 5.32. The van der Waals surface area contributed by atoms with Crippen LogP contribution >= 0.6 is 12.4 Å². The number of hydrogen-bond acceptors (Lipinski definition) is 3. The SMILES string of the molecule is COc1ccc(OCC2CN(C(C)C)CCC2c2ccc(F)cc2)cc1.Cl. The van der Waals surface area contributed by atoms with Gasteiger partial charge in [-0.15, -0.1) is 12.4 Å². The highest BCUT2D eigenvalue weighted by atomic mass is 35.5. The summed E-state index contributed by atoms with van der Waals surface area (Å²) in [6, 6.07) is 15.2. The second kappa shape index (κ2) is 9.95. The van der Waals surface area contributed by atoms with Crippen LogP contribution in [0.15, 0.2) is 48.5 Å². The summed E-state index contributed by atoms with van der Waals surface area (Å²) >= 11 is 0. The quantitative estimate of drug-likeness (QED) is 0.677. The van der Waals surface area contributed by atoms with Crippen molar-refractivity contribution in [1.29, 1.82) is 0 Å². The van der Waals surface area contributed by atoms with Crippen LogP contribution in [-0.2, 0) is 0 Å². The number of halogens is 2. The normalized spacial score (nSPS) is 20.2. The molecule has 1 aliphatic heterocycles. The Labute approximate surface area is 167 Å². The molecule has 2 aromatic carbocycles. The van der Waals surface area contributed by atoms with E-state index in [-0.39, 0.29) is 18.2 Å². The zero-order valence-corrected chi connectivity index (χ0v) is 17.0. The van der Waals surface area contributed by atoms with Gasteiger partial charge < -0.3 is 14.4 Å². The number of nitrogens with zero attached hydrogens (tertiary/aromatic N) is 1. The molecule has 1 aliphatic rings. The van der Waals surface area contributed by atoms with Gasteiger partial charge in [-0.1, -0.05) is 12.1 Å². The zero-order valence-electron chi connectivity index (χ0n) is 16.2. The summed E-state index contributed by atoms with van der Waals surface area (Å²) in [6.07, 6.45) is 1.07. The Balaban J connectivity index is 0.00000261. The molecule has 2 unspecified atom stereocenters. The van der Waals surface area contributed by atoms with Crippen molar-refractivity contribution < 1.29 is 13.9 Å². The van der Waals surface area contributed by atoms with Crippen molar-refractivity contribution in [3.63, 3.8) is 0 Å². The van der Waals surface area contributed by atoms with Crippen molar-refractivity contribution in [2.75, 3.05) is 26.8 Å². The average molecular weight is 394 g/mol. The zero-order chi connectivity index (χ0) is 18.5. The first kappa shape index (κ1) is 21.5. The molecule has 1 heterocycles. The van der Waals surface area contributed by atoms with Crippen molar-refractivity contribution in [2.24, 2.45) is 5.92 Å². The lowest BCUT2D eigenvalue weighted by Crippen LogP contribution is -2.45. The minimum Gasteiger partial charge on any atom is -0.497 e. The average Bonchev–Trinajstić information content (AvgIpc) is 2.67. The monoisotopic (exact) mass is 393 g/mol. The molecule has 0 spiro atoms. The molecule has 0 radical (unpaired) electrons. The van der Waals surface area contributed by atoms with Crippen molar-refractivity contribution in [3.05, 3.63) is 59.9 Å². The minimum atomic E-state index is -0.181. The molecule has 0 aromatic heterocycles. The smallest absolute Gasteiger partial charge is 0.123 e. The number of piperidine rings is 1. The Hall–Kier alpha value is -1.78. The summed E-state index contributed by atoms with van der Waals surface area (Å²) in [5, 5.41) is 0. The predicted molar refractivity (Wildman–Crippen MR) is 110 cm³/mol. The third kappa shape index (κ3) is 5.60. The van der Waals surface area contributed by atoms with Gasteiger partial charge in [0.1, 0.15) is 17.3 Å². The van der Waals surface area contributed by atoms with Gasteiger partial charge in [-0.3, -0.25) is 0 Å². The van der Waals surface area contributed by atoms with E-state index in [2.05, 4.69) is 18.7 Å². The molecule has 3 rings (SSSR count). The number of rotatable bonds is 6. The van der Waals surface area contributed by atoms with E-state index in [1.165, 1.54) is 5.56 Å². The summed E-state index contributed by atoms with van der Waals surface area (Å²) in [5.41, 5.74) is 1.21. The molecule has 0 bridgehead atoms. The molecule has 0 saturated carbocycles. The maximum Gasteiger partial charge on any atom is 0.123 e. The van der Waals surface area contributed by atoms with Gasteiger partial charge in [-0.2, -0.15) is 0 Å². The van der Waals surface area contributed by atoms with Gasteiger partial charge in [-0.25, -0.2) is 4.39 Å². The summed E-state index contributed by atoms with van der Waals surface area (Å²) in [6.45, 7) is 7.19. The molecule has 0 N–H and O–H groups in total. The first-order valence-corrected chi connectivity index (χ1v) is 9.33. The molecule has 148 valence electrons. The topological polar surface area (TPSA) is 21.7 Å². The fraction of sp³-hybridized carbons (Fsp3) is 0.455. The largest absolute Gasteiger partial charge is 0.497 e. The van der Waals surface area contributed by atoms with Crippen LogP contribution in [0, 0.1) is 11.7 Å². The van der Waals surface area contributed by atoms with Crippen LogP contribution in [0.2, 0.25) is 0 Å². The van der Waals surface area contributed by atoms with Crippen molar-refractivity contribution in [1.82, 2.24) is 4.90 Å². The molecular formula is C22H29ClFNO2. The van der Waals surface area contributed by atoms with E-state index in [1.807, 2.05) is 36.4 Å². The van der Waals surface area contributed by atoms with Gasteiger partial charge in [0.15, 0.2) is 0 Å².